The average molecular weight is 518 g/mol. The third kappa shape index (κ3) is 4.03. The monoisotopic (exact) mass is 517 g/mol. The molecule has 0 bridgehead atoms. The molecule has 2 aromatic carbocycles. The van der Waals surface area contributed by atoms with Gasteiger partial charge in [0.05, 0.1) is 27.9 Å². The van der Waals surface area contributed by atoms with Crippen LogP contribution in [-0.4, -0.2) is 46.3 Å². The zero-order chi connectivity index (χ0) is 25.9. The predicted molar refractivity (Wildman–Crippen MR) is 147 cm³/mol. The number of fused-ring (bicyclic) bond motifs is 1. The number of hydrogen-bond acceptors (Lipinski definition) is 7. The van der Waals surface area contributed by atoms with Gasteiger partial charge in [-0.05, 0) is 69.0 Å². The first-order chi connectivity index (χ1) is 17.8. The van der Waals surface area contributed by atoms with Gasteiger partial charge >= 0.3 is 5.97 Å². The van der Waals surface area contributed by atoms with Gasteiger partial charge < -0.3 is 19.5 Å². The molecule has 2 aliphatic heterocycles. The van der Waals surface area contributed by atoms with E-state index in [1.165, 1.54) is 5.56 Å². The van der Waals surface area contributed by atoms with Gasteiger partial charge in [-0.15, -0.1) is 0 Å². The van der Waals surface area contributed by atoms with E-state index >= 15 is 0 Å². The number of aliphatic carboxylic acids is 1. The number of thiazole rings is 1. The van der Waals surface area contributed by atoms with Crippen LogP contribution < -0.4 is 9.64 Å². The second-order valence-corrected chi connectivity index (χ2v) is 11.5. The largest absolute Gasteiger partial charge is 0.493 e. The van der Waals surface area contributed by atoms with Crippen molar-refractivity contribution in [1.29, 1.82) is 0 Å². The number of nitrogens with zero attached hydrogens (tertiary/aromatic N) is 3. The molecule has 1 N–H and O–H groups in total. The fourth-order valence-corrected chi connectivity index (χ4v) is 6.36. The Morgan fingerprint density at radius 3 is 2.81 bits per heavy atom. The zero-order valence-corrected chi connectivity index (χ0v) is 22.4. The van der Waals surface area contributed by atoms with E-state index in [0.29, 0.717) is 18.6 Å². The van der Waals surface area contributed by atoms with Crippen molar-refractivity contribution in [2.45, 2.75) is 58.7 Å². The van der Waals surface area contributed by atoms with E-state index in [-0.39, 0.29) is 0 Å². The molecule has 1 fully saturated rings. The number of hydrogen-bond donors (Lipinski definition) is 1. The second-order valence-electron chi connectivity index (χ2n) is 10.5. The van der Waals surface area contributed by atoms with E-state index in [0.717, 1.165) is 74.6 Å². The highest BCUT2D eigenvalue weighted by molar-refractivity contribution is 7.22. The zero-order valence-electron chi connectivity index (χ0n) is 21.6. The van der Waals surface area contributed by atoms with Crippen molar-refractivity contribution in [2.75, 3.05) is 24.6 Å². The fourth-order valence-electron chi connectivity index (χ4n) is 5.19. The van der Waals surface area contributed by atoms with Crippen LogP contribution in [0, 0.1) is 6.92 Å². The molecular formula is C29H31N3O4S. The maximum atomic E-state index is 12.8. The second kappa shape index (κ2) is 8.96. The van der Waals surface area contributed by atoms with Crippen LogP contribution in [0.4, 0.5) is 5.13 Å². The molecule has 6 rings (SSSR count). The summed E-state index contributed by atoms with van der Waals surface area (Å²) in [6, 6.07) is 8.06. The molecule has 1 unspecified atom stereocenters. The number of carbonyl (C=O) groups is 1. The van der Waals surface area contributed by atoms with Gasteiger partial charge in [0.25, 0.3) is 0 Å². The van der Waals surface area contributed by atoms with Crippen LogP contribution in [0.2, 0.25) is 0 Å². The van der Waals surface area contributed by atoms with Crippen molar-refractivity contribution in [2.24, 2.45) is 0 Å². The quantitative estimate of drug-likeness (QED) is 0.308. The maximum absolute atomic E-state index is 12.8. The summed E-state index contributed by atoms with van der Waals surface area (Å²) in [5.74, 6) is -0.181. The van der Waals surface area contributed by atoms with Crippen LogP contribution in [0.3, 0.4) is 0 Å². The molecule has 2 aliphatic rings. The summed E-state index contributed by atoms with van der Waals surface area (Å²) in [7, 11) is 0. The molecule has 8 heteroatoms. The van der Waals surface area contributed by atoms with Gasteiger partial charge in [-0.3, -0.25) is 4.98 Å². The third-order valence-electron chi connectivity index (χ3n) is 7.66. The van der Waals surface area contributed by atoms with Crippen molar-refractivity contribution in [3.05, 3.63) is 47.2 Å². The maximum Gasteiger partial charge on any atom is 0.337 e. The number of pyridine rings is 1. The Balaban J connectivity index is 1.68. The Morgan fingerprint density at radius 1 is 1.30 bits per heavy atom. The summed E-state index contributed by atoms with van der Waals surface area (Å²) in [6.07, 6.45) is 3.37. The van der Waals surface area contributed by atoms with Crippen LogP contribution in [0.15, 0.2) is 30.5 Å². The number of benzene rings is 2. The van der Waals surface area contributed by atoms with Crippen molar-refractivity contribution in [1.82, 2.24) is 9.97 Å². The molecule has 1 saturated heterocycles. The number of carboxylic acids is 1. The molecule has 7 nitrogen and oxygen atoms in total. The summed E-state index contributed by atoms with van der Waals surface area (Å²) in [5.41, 5.74) is 5.53. The van der Waals surface area contributed by atoms with Gasteiger partial charge in [0.15, 0.2) is 11.2 Å². The molecule has 2 aromatic heterocycles. The first-order valence-electron chi connectivity index (χ1n) is 12.9. The molecule has 192 valence electrons. The molecule has 0 aliphatic carbocycles. The Kier molecular flexibility index (Phi) is 5.84. The SMILES string of the molecule is CCC(C)(C)OC(C(=O)O)c1c(C)cc2nc(N3CCC3)sc2c1-c1ccc2c3c(ccnc13)CCO2. The highest BCUT2D eigenvalue weighted by Crippen LogP contribution is 2.47. The van der Waals surface area contributed by atoms with E-state index < -0.39 is 17.7 Å². The van der Waals surface area contributed by atoms with E-state index in [2.05, 4.69) is 4.90 Å². The lowest BCUT2D eigenvalue weighted by molar-refractivity contribution is -0.162. The van der Waals surface area contributed by atoms with Crippen LogP contribution in [0.25, 0.3) is 32.2 Å². The van der Waals surface area contributed by atoms with Crippen molar-refractivity contribution < 1.29 is 19.4 Å². The lowest BCUT2D eigenvalue weighted by Gasteiger charge is -2.30. The van der Waals surface area contributed by atoms with Gasteiger partial charge in [0.2, 0.25) is 0 Å². The lowest BCUT2D eigenvalue weighted by Crippen LogP contribution is -2.36. The highest BCUT2D eigenvalue weighted by Gasteiger charge is 2.34. The average Bonchev–Trinajstić information content (AvgIpc) is 3.24. The molecule has 1 atom stereocenters. The Morgan fingerprint density at radius 2 is 2.11 bits per heavy atom. The number of aromatic nitrogens is 2. The predicted octanol–water partition coefficient (Wildman–Crippen LogP) is 6.30. The molecule has 0 radical (unpaired) electrons. The van der Waals surface area contributed by atoms with Crippen LogP contribution >= 0.6 is 11.3 Å². The fraction of sp³-hybridized carbons (Fsp3) is 0.414. The topological polar surface area (TPSA) is 84.8 Å². The minimum Gasteiger partial charge on any atom is -0.493 e. The number of carboxylic acid groups (broad SMARTS) is 1. The van der Waals surface area contributed by atoms with Gasteiger partial charge in [0.1, 0.15) is 5.75 Å². The molecule has 4 heterocycles. The van der Waals surface area contributed by atoms with E-state index in [1.807, 2.05) is 58.2 Å². The number of rotatable bonds is 7. The Bertz CT molecular complexity index is 1530. The lowest BCUT2D eigenvalue weighted by atomic mass is 9.89. The highest BCUT2D eigenvalue weighted by atomic mass is 32.1. The van der Waals surface area contributed by atoms with E-state index in [1.54, 1.807) is 11.3 Å². The summed E-state index contributed by atoms with van der Waals surface area (Å²) in [6.45, 7) is 10.5. The summed E-state index contributed by atoms with van der Waals surface area (Å²) in [5, 5.41) is 12.4. The van der Waals surface area contributed by atoms with Gasteiger partial charge in [-0.2, -0.15) is 0 Å². The van der Waals surface area contributed by atoms with Crippen molar-refractivity contribution in [3.8, 4) is 16.9 Å². The normalized spacial score (nSPS) is 16.1. The molecule has 37 heavy (non-hydrogen) atoms. The van der Waals surface area contributed by atoms with Crippen molar-refractivity contribution >= 4 is 43.6 Å². The third-order valence-corrected chi connectivity index (χ3v) is 8.81. The number of anilines is 1. The van der Waals surface area contributed by atoms with Gasteiger partial charge in [0, 0.05) is 47.8 Å². The summed E-state index contributed by atoms with van der Waals surface area (Å²) in [4.78, 5) is 24.8. The Hall–Kier alpha value is -3.23. The molecular weight excluding hydrogens is 486 g/mol. The minimum absolute atomic E-state index is 0.607. The molecule has 4 aromatic rings. The van der Waals surface area contributed by atoms with Crippen LogP contribution in [0.1, 0.15) is 56.4 Å². The smallest absolute Gasteiger partial charge is 0.337 e. The Labute approximate surface area is 220 Å². The van der Waals surface area contributed by atoms with Crippen LogP contribution in [-0.2, 0) is 16.0 Å². The van der Waals surface area contributed by atoms with Gasteiger partial charge in [-0.25, -0.2) is 9.78 Å². The molecule has 0 saturated carbocycles. The standard InChI is InChI=1S/C29H31N3O4S/c1-5-29(3,4)36-25(27(33)34)21-16(2)15-19-26(37-28(31-19)32-12-6-13-32)23(21)18-7-8-20-22-17(10-14-35-20)9-11-30-24(18)22/h7-9,11,15,25H,5-6,10,12-14H2,1-4H3,(H,33,34). The first kappa shape index (κ1) is 24.1. The van der Waals surface area contributed by atoms with Gasteiger partial charge in [-0.1, -0.05) is 18.3 Å². The van der Waals surface area contributed by atoms with Crippen molar-refractivity contribution in [3.63, 3.8) is 0 Å². The molecule has 0 amide bonds. The summed E-state index contributed by atoms with van der Waals surface area (Å²) < 4.78 is 13.3. The first-order valence-corrected chi connectivity index (χ1v) is 13.7. The molecule has 0 spiro atoms. The number of aryl methyl sites for hydroxylation is 1. The number of ether oxygens (including phenoxy) is 2. The van der Waals surface area contributed by atoms with Crippen LogP contribution in [0.5, 0.6) is 5.75 Å². The minimum atomic E-state index is -1.13. The summed E-state index contributed by atoms with van der Waals surface area (Å²) >= 11 is 1.62. The van der Waals surface area contributed by atoms with E-state index in [9.17, 15) is 9.90 Å². The van der Waals surface area contributed by atoms with E-state index in [4.69, 9.17) is 19.4 Å².